The van der Waals surface area contributed by atoms with Crippen LogP contribution in [0.4, 0.5) is 0 Å². The van der Waals surface area contributed by atoms with Crippen molar-refractivity contribution in [3.63, 3.8) is 0 Å². The highest BCUT2D eigenvalue weighted by molar-refractivity contribution is 5.75. The summed E-state index contributed by atoms with van der Waals surface area (Å²) in [4.78, 5) is 11.7. The third kappa shape index (κ3) is 11.0. The van der Waals surface area contributed by atoms with Crippen molar-refractivity contribution in [1.82, 2.24) is 5.32 Å². The monoisotopic (exact) mass is 272 g/mol. The van der Waals surface area contributed by atoms with Crippen molar-refractivity contribution in [2.45, 2.75) is 52.9 Å². The Morgan fingerprint density at radius 3 is 2.58 bits per heavy atom. The van der Waals surface area contributed by atoms with Crippen molar-refractivity contribution in [2.75, 3.05) is 26.3 Å². The van der Waals surface area contributed by atoms with E-state index < -0.39 is 0 Å². The molecule has 19 heavy (non-hydrogen) atoms. The third-order valence-corrected chi connectivity index (χ3v) is 3.36. The maximum atomic E-state index is 11.7. The number of nitrogens with one attached hydrogen (secondary N) is 1. The van der Waals surface area contributed by atoms with Crippen LogP contribution >= 0.6 is 0 Å². The molecule has 0 aliphatic rings. The molecule has 0 bridgehead atoms. The second kappa shape index (κ2) is 12.4. The predicted molar refractivity (Wildman–Crippen MR) is 80.0 cm³/mol. The Morgan fingerprint density at radius 2 is 2.00 bits per heavy atom. The summed E-state index contributed by atoms with van der Waals surface area (Å²) in [6.07, 6.45) is 4.49. The second-order valence-corrected chi connectivity index (χ2v) is 5.44. The molecule has 0 spiro atoms. The van der Waals surface area contributed by atoms with Crippen molar-refractivity contribution < 1.29 is 9.53 Å². The SMILES string of the molecule is CCCOCCCNC(=O)CCC(CCN)C(C)C. The number of amides is 1. The first-order chi connectivity index (χ1) is 9.11. The maximum absolute atomic E-state index is 11.7. The Labute approximate surface area is 118 Å². The quantitative estimate of drug-likeness (QED) is 0.536. The van der Waals surface area contributed by atoms with Crippen LogP contribution in [0, 0.1) is 11.8 Å². The number of nitrogens with two attached hydrogens (primary N) is 1. The van der Waals surface area contributed by atoms with E-state index in [9.17, 15) is 4.79 Å². The van der Waals surface area contributed by atoms with Crippen molar-refractivity contribution >= 4 is 5.91 Å². The van der Waals surface area contributed by atoms with Gasteiger partial charge in [-0.1, -0.05) is 20.8 Å². The molecule has 3 N–H and O–H groups in total. The van der Waals surface area contributed by atoms with Crippen LogP contribution in [0.2, 0.25) is 0 Å². The highest BCUT2D eigenvalue weighted by atomic mass is 16.5. The van der Waals surface area contributed by atoms with Gasteiger partial charge in [-0.25, -0.2) is 0 Å². The summed E-state index contributed by atoms with van der Waals surface area (Å²) in [6, 6.07) is 0. The molecule has 0 aromatic rings. The second-order valence-electron chi connectivity index (χ2n) is 5.44. The molecule has 0 aromatic carbocycles. The molecule has 4 heteroatoms. The Kier molecular flexibility index (Phi) is 12.0. The van der Waals surface area contributed by atoms with Crippen LogP contribution in [-0.4, -0.2) is 32.2 Å². The molecule has 0 aliphatic heterocycles. The fourth-order valence-electron chi connectivity index (χ4n) is 2.08. The lowest BCUT2D eigenvalue weighted by molar-refractivity contribution is -0.121. The lowest BCUT2D eigenvalue weighted by Crippen LogP contribution is -2.26. The van der Waals surface area contributed by atoms with E-state index in [2.05, 4.69) is 26.1 Å². The average Bonchev–Trinajstić information content (AvgIpc) is 2.38. The normalized spacial score (nSPS) is 12.7. The summed E-state index contributed by atoms with van der Waals surface area (Å²) in [5.74, 6) is 1.31. The maximum Gasteiger partial charge on any atom is 0.220 e. The Morgan fingerprint density at radius 1 is 1.26 bits per heavy atom. The van der Waals surface area contributed by atoms with E-state index >= 15 is 0 Å². The number of carbonyl (C=O) groups is 1. The van der Waals surface area contributed by atoms with Gasteiger partial charge < -0.3 is 15.8 Å². The number of hydrogen-bond donors (Lipinski definition) is 2. The molecule has 0 aromatic heterocycles. The first kappa shape index (κ1) is 18.4. The number of ether oxygens (including phenoxy) is 1. The summed E-state index contributed by atoms with van der Waals surface area (Å²) in [5.41, 5.74) is 5.60. The molecular weight excluding hydrogens is 240 g/mol. The van der Waals surface area contributed by atoms with E-state index in [-0.39, 0.29) is 5.91 Å². The smallest absolute Gasteiger partial charge is 0.220 e. The molecule has 0 aliphatic carbocycles. The first-order valence-corrected chi connectivity index (χ1v) is 7.66. The number of rotatable bonds is 12. The predicted octanol–water partition coefficient (Wildman–Crippen LogP) is 2.32. The molecule has 0 radical (unpaired) electrons. The summed E-state index contributed by atoms with van der Waals surface area (Å²) in [5, 5.41) is 2.95. The number of hydrogen-bond acceptors (Lipinski definition) is 3. The zero-order valence-corrected chi connectivity index (χ0v) is 12.9. The summed E-state index contributed by atoms with van der Waals surface area (Å²) in [6.45, 7) is 9.45. The highest BCUT2D eigenvalue weighted by Crippen LogP contribution is 2.20. The van der Waals surface area contributed by atoms with Crippen LogP contribution in [0.25, 0.3) is 0 Å². The fraction of sp³-hybridized carbons (Fsp3) is 0.933. The van der Waals surface area contributed by atoms with E-state index in [4.69, 9.17) is 10.5 Å². The Balaban J connectivity index is 3.57. The van der Waals surface area contributed by atoms with Gasteiger partial charge in [-0.05, 0) is 44.1 Å². The molecule has 0 saturated heterocycles. The van der Waals surface area contributed by atoms with E-state index in [1.807, 2.05) is 0 Å². The minimum absolute atomic E-state index is 0.151. The zero-order chi connectivity index (χ0) is 14.5. The van der Waals surface area contributed by atoms with Crippen LogP contribution in [0.1, 0.15) is 52.9 Å². The van der Waals surface area contributed by atoms with Crippen molar-refractivity contribution in [2.24, 2.45) is 17.6 Å². The largest absolute Gasteiger partial charge is 0.381 e. The van der Waals surface area contributed by atoms with Gasteiger partial charge in [0.05, 0.1) is 0 Å². The van der Waals surface area contributed by atoms with Gasteiger partial charge in [0.2, 0.25) is 5.91 Å². The van der Waals surface area contributed by atoms with Crippen molar-refractivity contribution in [3.8, 4) is 0 Å². The zero-order valence-electron chi connectivity index (χ0n) is 12.9. The highest BCUT2D eigenvalue weighted by Gasteiger charge is 2.14. The summed E-state index contributed by atoms with van der Waals surface area (Å²) < 4.78 is 5.36. The van der Waals surface area contributed by atoms with Gasteiger partial charge in [0.1, 0.15) is 0 Å². The summed E-state index contributed by atoms with van der Waals surface area (Å²) >= 11 is 0. The molecule has 4 nitrogen and oxygen atoms in total. The van der Waals surface area contributed by atoms with Crippen LogP contribution < -0.4 is 11.1 Å². The standard InChI is InChI=1S/C15H32N2O2/c1-4-11-19-12-5-10-17-15(18)7-6-14(8-9-16)13(2)3/h13-14H,4-12,16H2,1-3H3,(H,17,18). The van der Waals surface area contributed by atoms with Crippen LogP contribution in [0.5, 0.6) is 0 Å². The van der Waals surface area contributed by atoms with Crippen LogP contribution in [0.3, 0.4) is 0 Å². The van der Waals surface area contributed by atoms with E-state index in [0.717, 1.165) is 38.9 Å². The topological polar surface area (TPSA) is 64.3 Å². The summed E-state index contributed by atoms with van der Waals surface area (Å²) in [7, 11) is 0. The van der Waals surface area contributed by atoms with E-state index in [0.29, 0.717) is 31.3 Å². The average molecular weight is 272 g/mol. The van der Waals surface area contributed by atoms with Gasteiger partial charge in [-0.2, -0.15) is 0 Å². The molecular formula is C15H32N2O2. The minimum Gasteiger partial charge on any atom is -0.381 e. The Bertz CT molecular complexity index is 220. The lowest BCUT2D eigenvalue weighted by atomic mass is 9.88. The molecule has 0 heterocycles. The van der Waals surface area contributed by atoms with Gasteiger partial charge in [-0.15, -0.1) is 0 Å². The molecule has 114 valence electrons. The molecule has 1 atom stereocenters. The molecule has 0 fully saturated rings. The first-order valence-electron chi connectivity index (χ1n) is 7.66. The molecule has 0 saturated carbocycles. The Hall–Kier alpha value is -0.610. The van der Waals surface area contributed by atoms with E-state index in [1.165, 1.54) is 0 Å². The van der Waals surface area contributed by atoms with E-state index in [1.54, 1.807) is 0 Å². The van der Waals surface area contributed by atoms with Crippen LogP contribution in [-0.2, 0) is 9.53 Å². The fourth-order valence-corrected chi connectivity index (χ4v) is 2.08. The van der Waals surface area contributed by atoms with Gasteiger partial charge in [0.15, 0.2) is 0 Å². The molecule has 1 amide bonds. The molecule has 1 unspecified atom stereocenters. The van der Waals surface area contributed by atoms with Crippen LogP contribution in [0.15, 0.2) is 0 Å². The minimum atomic E-state index is 0.151. The molecule has 0 rings (SSSR count). The van der Waals surface area contributed by atoms with Gasteiger partial charge in [0.25, 0.3) is 0 Å². The van der Waals surface area contributed by atoms with Gasteiger partial charge in [0, 0.05) is 26.2 Å². The van der Waals surface area contributed by atoms with Gasteiger partial charge in [-0.3, -0.25) is 4.79 Å². The van der Waals surface area contributed by atoms with Gasteiger partial charge >= 0.3 is 0 Å². The lowest BCUT2D eigenvalue weighted by Gasteiger charge is -2.19. The number of carbonyl (C=O) groups excluding carboxylic acids is 1. The third-order valence-electron chi connectivity index (χ3n) is 3.36. The van der Waals surface area contributed by atoms with Crippen molar-refractivity contribution in [1.29, 1.82) is 0 Å². The van der Waals surface area contributed by atoms with Crippen molar-refractivity contribution in [3.05, 3.63) is 0 Å².